The second-order valence-electron chi connectivity index (χ2n) is 6.40. The van der Waals surface area contributed by atoms with Crippen molar-refractivity contribution >= 4 is 39.8 Å². The van der Waals surface area contributed by atoms with Crippen molar-refractivity contribution in [3.05, 3.63) is 70.2 Å². The number of hydrogen-bond donors (Lipinski definition) is 3. The number of carbonyl (C=O) groups is 4. The lowest BCUT2D eigenvalue weighted by molar-refractivity contribution is -0.151. The Bertz CT molecular complexity index is 922. The van der Waals surface area contributed by atoms with E-state index >= 15 is 0 Å². The SMILES string of the molecule is NC(=O)COC(=O)C(Cc1ccccc1Br)NC(=O)CNC(=O)OCc1ccccc1. The van der Waals surface area contributed by atoms with Gasteiger partial charge >= 0.3 is 12.1 Å². The summed E-state index contributed by atoms with van der Waals surface area (Å²) < 4.78 is 10.6. The van der Waals surface area contributed by atoms with E-state index in [4.69, 9.17) is 15.2 Å². The van der Waals surface area contributed by atoms with Crippen molar-refractivity contribution in [3.63, 3.8) is 0 Å². The van der Waals surface area contributed by atoms with Crippen LogP contribution in [0.15, 0.2) is 59.1 Å². The Morgan fingerprint density at radius 1 is 0.968 bits per heavy atom. The summed E-state index contributed by atoms with van der Waals surface area (Å²) in [6.45, 7) is -0.965. The predicted octanol–water partition coefficient (Wildman–Crippen LogP) is 1.43. The summed E-state index contributed by atoms with van der Waals surface area (Å²) in [6, 6.07) is 15.1. The maximum absolute atomic E-state index is 12.3. The maximum atomic E-state index is 12.3. The standard InChI is InChI=1S/C21H22BrN3O6/c22-16-9-5-4-8-15(16)10-17(20(28)30-13-18(23)26)25-19(27)11-24-21(29)31-12-14-6-2-1-3-7-14/h1-9,17H,10-13H2,(H2,23,26)(H,24,29)(H,25,27). The molecule has 0 aromatic heterocycles. The van der Waals surface area contributed by atoms with E-state index in [9.17, 15) is 19.2 Å². The van der Waals surface area contributed by atoms with Crippen LogP contribution in [0.5, 0.6) is 0 Å². The summed E-state index contributed by atoms with van der Waals surface area (Å²) in [6.07, 6.45) is -0.680. The van der Waals surface area contributed by atoms with Crippen LogP contribution in [0.2, 0.25) is 0 Å². The molecule has 31 heavy (non-hydrogen) atoms. The molecule has 0 aliphatic rings. The number of halogens is 1. The zero-order chi connectivity index (χ0) is 22.6. The molecule has 0 radical (unpaired) electrons. The van der Waals surface area contributed by atoms with Crippen molar-refractivity contribution in [1.29, 1.82) is 0 Å². The molecule has 0 bridgehead atoms. The van der Waals surface area contributed by atoms with Gasteiger partial charge in [0.1, 0.15) is 19.2 Å². The summed E-state index contributed by atoms with van der Waals surface area (Å²) in [5, 5.41) is 4.80. The van der Waals surface area contributed by atoms with Gasteiger partial charge in [0.15, 0.2) is 6.61 Å². The molecule has 0 saturated carbocycles. The molecule has 2 aromatic carbocycles. The van der Waals surface area contributed by atoms with E-state index in [2.05, 4.69) is 26.6 Å². The first-order valence-corrected chi connectivity index (χ1v) is 10.1. The largest absolute Gasteiger partial charge is 0.454 e. The Morgan fingerprint density at radius 2 is 1.65 bits per heavy atom. The van der Waals surface area contributed by atoms with Crippen LogP contribution in [-0.2, 0) is 36.9 Å². The van der Waals surface area contributed by atoms with Crippen LogP contribution in [0, 0.1) is 0 Å². The lowest BCUT2D eigenvalue weighted by Crippen LogP contribution is -2.47. The van der Waals surface area contributed by atoms with Crippen LogP contribution in [0.3, 0.4) is 0 Å². The van der Waals surface area contributed by atoms with Gasteiger partial charge in [0, 0.05) is 10.9 Å². The molecule has 0 fully saturated rings. The van der Waals surface area contributed by atoms with Gasteiger partial charge in [-0.2, -0.15) is 0 Å². The van der Waals surface area contributed by atoms with E-state index in [0.29, 0.717) is 0 Å². The minimum Gasteiger partial charge on any atom is -0.454 e. The van der Waals surface area contributed by atoms with Crippen molar-refractivity contribution in [2.45, 2.75) is 19.1 Å². The molecule has 0 saturated heterocycles. The zero-order valence-electron chi connectivity index (χ0n) is 16.5. The highest BCUT2D eigenvalue weighted by atomic mass is 79.9. The molecule has 9 nitrogen and oxygen atoms in total. The van der Waals surface area contributed by atoms with Gasteiger partial charge in [-0.25, -0.2) is 9.59 Å². The van der Waals surface area contributed by atoms with E-state index in [0.717, 1.165) is 15.6 Å². The minimum atomic E-state index is -1.09. The molecule has 2 rings (SSSR count). The van der Waals surface area contributed by atoms with Crippen LogP contribution in [-0.4, -0.2) is 43.1 Å². The average molecular weight is 492 g/mol. The Morgan fingerprint density at radius 3 is 2.32 bits per heavy atom. The number of carbonyl (C=O) groups excluding carboxylic acids is 4. The van der Waals surface area contributed by atoms with E-state index < -0.39 is 43.1 Å². The third kappa shape index (κ3) is 8.87. The van der Waals surface area contributed by atoms with Gasteiger partial charge < -0.3 is 25.8 Å². The Balaban J connectivity index is 1.89. The van der Waals surface area contributed by atoms with Gasteiger partial charge in [-0.1, -0.05) is 64.5 Å². The first-order chi connectivity index (χ1) is 14.8. The summed E-state index contributed by atoms with van der Waals surface area (Å²) in [5.74, 6) is -2.28. The molecule has 10 heteroatoms. The number of hydrogen-bond acceptors (Lipinski definition) is 6. The zero-order valence-corrected chi connectivity index (χ0v) is 18.1. The lowest BCUT2D eigenvalue weighted by atomic mass is 10.1. The van der Waals surface area contributed by atoms with Gasteiger partial charge in [0.2, 0.25) is 5.91 Å². The Labute approximate surface area is 187 Å². The fraction of sp³-hybridized carbons (Fsp3) is 0.238. The molecular formula is C21H22BrN3O6. The minimum absolute atomic E-state index is 0.0540. The fourth-order valence-electron chi connectivity index (χ4n) is 2.49. The molecule has 1 unspecified atom stereocenters. The van der Waals surface area contributed by atoms with E-state index in [1.165, 1.54) is 0 Å². The first kappa shape index (κ1) is 23.9. The van der Waals surface area contributed by atoms with Crippen LogP contribution in [0.1, 0.15) is 11.1 Å². The number of nitrogens with two attached hydrogens (primary N) is 1. The van der Waals surface area contributed by atoms with Crippen molar-refractivity contribution in [3.8, 4) is 0 Å². The molecule has 0 aliphatic heterocycles. The Hall–Kier alpha value is -3.40. The molecule has 3 amide bonds. The molecule has 2 aromatic rings. The molecular weight excluding hydrogens is 470 g/mol. The van der Waals surface area contributed by atoms with Crippen molar-refractivity contribution in [1.82, 2.24) is 10.6 Å². The second kappa shape index (κ2) is 12.3. The molecule has 0 spiro atoms. The predicted molar refractivity (Wildman–Crippen MR) is 115 cm³/mol. The number of amides is 3. The normalized spacial score (nSPS) is 11.1. The van der Waals surface area contributed by atoms with Crippen molar-refractivity contribution < 1.29 is 28.7 Å². The highest BCUT2D eigenvalue weighted by molar-refractivity contribution is 9.10. The number of nitrogens with one attached hydrogen (secondary N) is 2. The topological polar surface area (TPSA) is 137 Å². The number of alkyl carbamates (subject to hydrolysis) is 1. The van der Waals surface area contributed by atoms with Crippen molar-refractivity contribution in [2.75, 3.05) is 13.2 Å². The fourth-order valence-corrected chi connectivity index (χ4v) is 2.94. The number of rotatable bonds is 10. The summed E-state index contributed by atoms with van der Waals surface area (Å²) >= 11 is 3.38. The first-order valence-electron chi connectivity index (χ1n) is 9.27. The number of ether oxygens (including phenoxy) is 2. The summed E-state index contributed by atoms with van der Waals surface area (Å²) in [4.78, 5) is 47.3. The number of primary amides is 1. The monoisotopic (exact) mass is 491 g/mol. The molecule has 0 aliphatic carbocycles. The van der Waals surface area contributed by atoms with Gasteiger partial charge in [-0.15, -0.1) is 0 Å². The van der Waals surface area contributed by atoms with Crippen LogP contribution in [0.25, 0.3) is 0 Å². The smallest absolute Gasteiger partial charge is 0.407 e. The van der Waals surface area contributed by atoms with Crippen molar-refractivity contribution in [2.24, 2.45) is 5.73 Å². The van der Waals surface area contributed by atoms with E-state index in [1.54, 1.807) is 36.4 Å². The summed E-state index contributed by atoms with van der Waals surface area (Å²) in [5.41, 5.74) is 6.53. The van der Waals surface area contributed by atoms with Gasteiger partial charge in [-0.3, -0.25) is 9.59 Å². The molecule has 164 valence electrons. The van der Waals surface area contributed by atoms with E-state index in [1.807, 2.05) is 18.2 Å². The van der Waals surface area contributed by atoms with E-state index in [-0.39, 0.29) is 13.0 Å². The number of benzene rings is 2. The second-order valence-corrected chi connectivity index (χ2v) is 7.26. The summed E-state index contributed by atoms with van der Waals surface area (Å²) in [7, 11) is 0. The van der Waals surface area contributed by atoms with Gasteiger partial charge in [-0.05, 0) is 17.2 Å². The number of esters is 1. The molecule has 0 heterocycles. The molecule has 1 atom stereocenters. The third-order valence-corrected chi connectivity index (χ3v) is 4.74. The van der Waals surface area contributed by atoms with Gasteiger partial charge in [0.25, 0.3) is 5.91 Å². The maximum Gasteiger partial charge on any atom is 0.407 e. The Kier molecular flexibility index (Phi) is 9.50. The van der Waals surface area contributed by atoms with Crippen LogP contribution in [0.4, 0.5) is 4.79 Å². The molecule has 4 N–H and O–H groups in total. The lowest BCUT2D eigenvalue weighted by Gasteiger charge is -2.18. The third-order valence-electron chi connectivity index (χ3n) is 3.96. The average Bonchev–Trinajstić information content (AvgIpc) is 2.76. The van der Waals surface area contributed by atoms with Crippen LogP contribution < -0.4 is 16.4 Å². The highest BCUT2D eigenvalue weighted by Crippen LogP contribution is 2.18. The van der Waals surface area contributed by atoms with Crippen LogP contribution >= 0.6 is 15.9 Å². The quantitative estimate of drug-likeness (QED) is 0.430. The van der Waals surface area contributed by atoms with Gasteiger partial charge in [0.05, 0.1) is 0 Å². The highest BCUT2D eigenvalue weighted by Gasteiger charge is 2.24.